The SMILES string of the molecule is Cc1cc(OCc2ccncc2Cl)cc(C)c1S(N)(=O)=O. The van der Waals surface area contributed by atoms with Crippen LogP contribution in [0.3, 0.4) is 0 Å². The second-order valence-corrected chi connectivity index (χ2v) is 6.59. The van der Waals surface area contributed by atoms with Crippen LogP contribution in [-0.4, -0.2) is 13.4 Å². The highest BCUT2D eigenvalue weighted by Gasteiger charge is 2.16. The molecule has 0 saturated carbocycles. The van der Waals surface area contributed by atoms with E-state index in [1.165, 1.54) is 0 Å². The van der Waals surface area contributed by atoms with Crippen molar-refractivity contribution >= 4 is 21.6 Å². The third kappa shape index (κ3) is 3.72. The van der Waals surface area contributed by atoms with Gasteiger partial charge in [-0.1, -0.05) is 11.6 Å². The van der Waals surface area contributed by atoms with Crippen molar-refractivity contribution in [2.24, 2.45) is 5.14 Å². The van der Waals surface area contributed by atoms with Gasteiger partial charge in [0.25, 0.3) is 0 Å². The molecular weight excluding hydrogens is 312 g/mol. The molecule has 0 aliphatic carbocycles. The van der Waals surface area contributed by atoms with Crippen molar-refractivity contribution in [3.05, 3.63) is 52.3 Å². The molecule has 0 aliphatic heterocycles. The minimum Gasteiger partial charge on any atom is -0.489 e. The molecule has 0 unspecified atom stereocenters. The van der Waals surface area contributed by atoms with E-state index in [1.807, 2.05) is 0 Å². The predicted octanol–water partition coefficient (Wildman–Crippen LogP) is 2.58. The normalized spacial score (nSPS) is 11.4. The topological polar surface area (TPSA) is 82.3 Å². The van der Waals surface area contributed by atoms with Crippen molar-refractivity contribution < 1.29 is 13.2 Å². The van der Waals surface area contributed by atoms with Crippen molar-refractivity contribution in [2.45, 2.75) is 25.3 Å². The third-order valence-corrected chi connectivity index (χ3v) is 4.52. The Hall–Kier alpha value is -1.63. The van der Waals surface area contributed by atoms with Crippen LogP contribution in [0.5, 0.6) is 5.75 Å². The van der Waals surface area contributed by atoms with Gasteiger partial charge in [-0.05, 0) is 43.2 Å². The molecule has 0 atom stereocenters. The molecule has 5 nitrogen and oxygen atoms in total. The molecule has 0 spiro atoms. The van der Waals surface area contributed by atoms with Crippen molar-refractivity contribution in [1.29, 1.82) is 0 Å². The highest BCUT2D eigenvalue weighted by Crippen LogP contribution is 2.26. The van der Waals surface area contributed by atoms with Crippen LogP contribution in [0.2, 0.25) is 5.02 Å². The van der Waals surface area contributed by atoms with E-state index < -0.39 is 10.0 Å². The Kier molecular flexibility index (Phi) is 4.51. The number of benzene rings is 1. The van der Waals surface area contributed by atoms with E-state index in [4.69, 9.17) is 21.5 Å². The van der Waals surface area contributed by atoms with Gasteiger partial charge in [0.1, 0.15) is 12.4 Å². The van der Waals surface area contributed by atoms with Gasteiger partial charge in [0.15, 0.2) is 0 Å². The second-order valence-electron chi connectivity index (χ2n) is 4.69. The van der Waals surface area contributed by atoms with Gasteiger partial charge in [-0.15, -0.1) is 0 Å². The number of nitrogens with zero attached hydrogens (tertiary/aromatic N) is 1. The van der Waals surface area contributed by atoms with E-state index in [9.17, 15) is 8.42 Å². The predicted molar refractivity (Wildman–Crippen MR) is 80.9 cm³/mol. The summed E-state index contributed by atoms with van der Waals surface area (Å²) in [4.78, 5) is 4.03. The standard InChI is InChI=1S/C14H15ClN2O3S/c1-9-5-12(6-10(2)14(9)21(16,18)19)20-8-11-3-4-17-7-13(11)15/h3-7H,8H2,1-2H3,(H2,16,18,19). The molecule has 2 rings (SSSR count). The van der Waals surface area contributed by atoms with Gasteiger partial charge >= 0.3 is 0 Å². The molecule has 7 heteroatoms. The summed E-state index contributed by atoms with van der Waals surface area (Å²) in [5.41, 5.74) is 1.90. The Morgan fingerprint density at radius 3 is 2.43 bits per heavy atom. The number of ether oxygens (including phenoxy) is 1. The number of pyridine rings is 1. The number of sulfonamides is 1. The molecule has 112 valence electrons. The fourth-order valence-electron chi connectivity index (χ4n) is 2.12. The smallest absolute Gasteiger partial charge is 0.238 e. The van der Waals surface area contributed by atoms with Crippen LogP contribution >= 0.6 is 11.6 Å². The molecule has 1 aromatic heterocycles. The Labute approximate surface area is 128 Å². The number of primary sulfonamides is 1. The first-order valence-electron chi connectivity index (χ1n) is 6.14. The molecule has 21 heavy (non-hydrogen) atoms. The largest absolute Gasteiger partial charge is 0.489 e. The van der Waals surface area contributed by atoms with E-state index in [1.54, 1.807) is 44.4 Å². The van der Waals surface area contributed by atoms with Gasteiger partial charge in [0.05, 0.1) is 9.92 Å². The van der Waals surface area contributed by atoms with Crippen molar-refractivity contribution in [3.8, 4) is 5.75 Å². The monoisotopic (exact) mass is 326 g/mol. The number of rotatable bonds is 4. The molecule has 0 fully saturated rings. The molecule has 2 N–H and O–H groups in total. The summed E-state index contributed by atoms with van der Waals surface area (Å²) in [5, 5.41) is 5.72. The zero-order valence-corrected chi connectivity index (χ0v) is 13.2. The Bertz CT molecular complexity index is 753. The van der Waals surface area contributed by atoms with E-state index in [2.05, 4.69) is 4.98 Å². The number of hydrogen-bond acceptors (Lipinski definition) is 4. The number of nitrogens with two attached hydrogens (primary N) is 1. The van der Waals surface area contributed by atoms with Gasteiger partial charge in [-0.25, -0.2) is 13.6 Å². The van der Waals surface area contributed by atoms with E-state index in [0.717, 1.165) is 5.56 Å². The van der Waals surface area contributed by atoms with Gasteiger partial charge < -0.3 is 4.74 Å². The summed E-state index contributed by atoms with van der Waals surface area (Å²) in [5.74, 6) is 0.560. The van der Waals surface area contributed by atoms with Crippen molar-refractivity contribution in [3.63, 3.8) is 0 Å². The maximum Gasteiger partial charge on any atom is 0.238 e. The zero-order valence-electron chi connectivity index (χ0n) is 11.6. The first kappa shape index (κ1) is 15.8. The average Bonchev–Trinajstić information content (AvgIpc) is 2.35. The molecular formula is C14H15ClN2O3S. The number of aromatic nitrogens is 1. The van der Waals surface area contributed by atoms with Crippen molar-refractivity contribution in [2.75, 3.05) is 0 Å². The summed E-state index contributed by atoms with van der Waals surface area (Å²) < 4.78 is 28.7. The summed E-state index contributed by atoms with van der Waals surface area (Å²) in [6, 6.07) is 5.05. The molecule has 1 aromatic carbocycles. The lowest BCUT2D eigenvalue weighted by Crippen LogP contribution is -2.15. The Balaban J connectivity index is 2.25. The number of halogens is 1. The lowest BCUT2D eigenvalue weighted by molar-refractivity contribution is 0.305. The molecule has 0 amide bonds. The first-order valence-corrected chi connectivity index (χ1v) is 8.06. The summed E-state index contributed by atoms with van der Waals surface area (Å²) >= 11 is 6.00. The summed E-state index contributed by atoms with van der Waals surface area (Å²) in [6.45, 7) is 3.63. The second kappa shape index (κ2) is 6.01. The van der Waals surface area contributed by atoms with Crippen molar-refractivity contribution in [1.82, 2.24) is 4.98 Å². The van der Waals surface area contributed by atoms with Gasteiger partial charge in [-0.3, -0.25) is 4.98 Å². The van der Waals surface area contributed by atoms with E-state index >= 15 is 0 Å². The number of aryl methyl sites for hydroxylation is 2. The zero-order chi connectivity index (χ0) is 15.6. The van der Waals surface area contributed by atoms with Crippen LogP contribution in [0.1, 0.15) is 16.7 Å². The molecule has 0 aliphatic rings. The fraction of sp³-hybridized carbons (Fsp3) is 0.214. The molecule has 1 heterocycles. The third-order valence-electron chi connectivity index (χ3n) is 2.97. The minimum atomic E-state index is -3.74. The lowest BCUT2D eigenvalue weighted by Gasteiger charge is -2.12. The maximum atomic E-state index is 11.5. The van der Waals surface area contributed by atoms with Crippen LogP contribution in [0.4, 0.5) is 0 Å². The summed E-state index contributed by atoms with van der Waals surface area (Å²) in [7, 11) is -3.74. The molecule has 0 bridgehead atoms. The molecule has 0 radical (unpaired) electrons. The minimum absolute atomic E-state index is 0.136. The fourth-order valence-corrected chi connectivity index (χ4v) is 3.31. The number of hydrogen-bond donors (Lipinski definition) is 1. The highest BCUT2D eigenvalue weighted by atomic mass is 35.5. The Morgan fingerprint density at radius 2 is 1.90 bits per heavy atom. The van der Waals surface area contributed by atoms with Crippen LogP contribution < -0.4 is 9.88 Å². The first-order chi connectivity index (χ1) is 9.79. The highest BCUT2D eigenvalue weighted by molar-refractivity contribution is 7.89. The van der Waals surface area contributed by atoms with Crippen LogP contribution in [0, 0.1) is 13.8 Å². The van der Waals surface area contributed by atoms with Crippen LogP contribution in [0.15, 0.2) is 35.5 Å². The molecule has 2 aromatic rings. The Morgan fingerprint density at radius 1 is 1.29 bits per heavy atom. The maximum absolute atomic E-state index is 11.5. The molecule has 0 saturated heterocycles. The van der Waals surface area contributed by atoms with Gasteiger partial charge in [0, 0.05) is 18.0 Å². The van der Waals surface area contributed by atoms with Crippen LogP contribution in [-0.2, 0) is 16.6 Å². The van der Waals surface area contributed by atoms with Gasteiger partial charge in [-0.2, -0.15) is 0 Å². The van der Waals surface area contributed by atoms with E-state index in [0.29, 0.717) is 21.9 Å². The lowest BCUT2D eigenvalue weighted by atomic mass is 10.1. The van der Waals surface area contributed by atoms with E-state index in [-0.39, 0.29) is 11.5 Å². The van der Waals surface area contributed by atoms with Gasteiger partial charge in [0.2, 0.25) is 10.0 Å². The average molecular weight is 327 g/mol. The van der Waals surface area contributed by atoms with Crippen LogP contribution in [0.25, 0.3) is 0 Å². The quantitative estimate of drug-likeness (QED) is 0.936. The summed E-state index contributed by atoms with van der Waals surface area (Å²) in [6.07, 6.45) is 3.17.